The number of rotatable bonds is 4. The molecule has 7 heteroatoms. The molecule has 7 nitrogen and oxygen atoms in total. The highest BCUT2D eigenvalue weighted by atomic mass is 16.4. The van der Waals surface area contributed by atoms with Gasteiger partial charge in [-0.1, -0.05) is 0 Å². The zero-order valence-corrected chi connectivity index (χ0v) is 10.7. The van der Waals surface area contributed by atoms with Crippen LogP contribution in [0.4, 0.5) is 5.69 Å². The molecule has 0 unspecified atom stereocenters. The number of hydrogen-bond acceptors (Lipinski definition) is 4. The number of phenolic OH excluding ortho intramolecular Hbond substituents is 1. The highest BCUT2D eigenvalue weighted by Gasteiger charge is 2.11. The van der Waals surface area contributed by atoms with Gasteiger partial charge in [-0.3, -0.25) is 14.3 Å². The van der Waals surface area contributed by atoms with E-state index in [1.54, 1.807) is 6.92 Å². The van der Waals surface area contributed by atoms with Gasteiger partial charge in [-0.15, -0.1) is 0 Å². The molecule has 0 radical (unpaired) electrons. The lowest BCUT2D eigenvalue weighted by Crippen LogP contribution is -2.13. The lowest BCUT2D eigenvalue weighted by atomic mass is 10.1. The predicted octanol–water partition coefficient (Wildman–Crippen LogP) is 1.23. The molecule has 1 aromatic carbocycles. The van der Waals surface area contributed by atoms with Crippen LogP contribution in [0.25, 0.3) is 0 Å². The Morgan fingerprint density at radius 3 is 2.80 bits per heavy atom. The van der Waals surface area contributed by atoms with Crippen LogP contribution in [0.2, 0.25) is 0 Å². The number of aliphatic carboxylic acids is 1. The SMILES string of the molecule is Cc1cc(O)ccc1C(=O)Nc1cnn(CC(=O)O)c1. The van der Waals surface area contributed by atoms with Gasteiger partial charge in [-0.2, -0.15) is 5.10 Å². The van der Waals surface area contributed by atoms with Crippen molar-refractivity contribution in [3.63, 3.8) is 0 Å². The lowest BCUT2D eigenvalue weighted by molar-refractivity contribution is -0.137. The van der Waals surface area contributed by atoms with Gasteiger partial charge in [0.05, 0.1) is 11.9 Å². The van der Waals surface area contributed by atoms with E-state index in [4.69, 9.17) is 5.11 Å². The second-order valence-corrected chi connectivity index (χ2v) is 4.27. The van der Waals surface area contributed by atoms with Gasteiger partial charge in [0.2, 0.25) is 0 Å². The maximum absolute atomic E-state index is 12.0. The number of carbonyl (C=O) groups excluding carboxylic acids is 1. The molecule has 0 saturated carbocycles. The Bertz CT molecular complexity index is 663. The normalized spacial score (nSPS) is 10.2. The molecule has 3 N–H and O–H groups in total. The standard InChI is InChI=1S/C13H13N3O4/c1-8-4-10(17)2-3-11(8)13(20)15-9-5-14-16(6-9)7-12(18)19/h2-6,17H,7H2,1H3,(H,15,20)(H,18,19). The van der Waals surface area contributed by atoms with Gasteiger partial charge >= 0.3 is 5.97 Å². The number of benzene rings is 1. The number of nitrogens with zero attached hydrogens (tertiary/aromatic N) is 2. The van der Waals surface area contributed by atoms with Gasteiger partial charge in [0.1, 0.15) is 12.3 Å². The molecule has 0 saturated heterocycles. The van der Waals surface area contributed by atoms with Crippen LogP contribution in [0.3, 0.4) is 0 Å². The number of aromatic nitrogens is 2. The first kappa shape index (κ1) is 13.6. The monoisotopic (exact) mass is 275 g/mol. The molecular formula is C13H13N3O4. The molecule has 104 valence electrons. The van der Waals surface area contributed by atoms with Crippen molar-refractivity contribution in [1.82, 2.24) is 9.78 Å². The molecular weight excluding hydrogens is 262 g/mol. The van der Waals surface area contributed by atoms with Crippen molar-refractivity contribution in [3.8, 4) is 5.75 Å². The summed E-state index contributed by atoms with van der Waals surface area (Å²) in [4.78, 5) is 22.6. The Morgan fingerprint density at radius 2 is 2.15 bits per heavy atom. The Balaban J connectivity index is 2.11. The second-order valence-electron chi connectivity index (χ2n) is 4.27. The molecule has 0 aliphatic heterocycles. The maximum Gasteiger partial charge on any atom is 0.325 e. The summed E-state index contributed by atoms with van der Waals surface area (Å²) < 4.78 is 1.21. The van der Waals surface area contributed by atoms with E-state index in [2.05, 4.69) is 10.4 Å². The van der Waals surface area contributed by atoms with Crippen molar-refractivity contribution >= 4 is 17.6 Å². The highest BCUT2D eigenvalue weighted by molar-refractivity contribution is 6.05. The smallest absolute Gasteiger partial charge is 0.325 e. The molecule has 20 heavy (non-hydrogen) atoms. The number of aromatic hydroxyl groups is 1. The molecule has 2 aromatic rings. The van der Waals surface area contributed by atoms with Crippen LogP contribution < -0.4 is 5.32 Å². The van der Waals surface area contributed by atoms with E-state index in [0.717, 1.165) is 0 Å². The molecule has 1 amide bonds. The van der Waals surface area contributed by atoms with Crippen molar-refractivity contribution in [3.05, 3.63) is 41.7 Å². The molecule has 0 aliphatic rings. The largest absolute Gasteiger partial charge is 0.508 e. The molecule has 0 aliphatic carbocycles. The number of carbonyl (C=O) groups is 2. The van der Waals surface area contributed by atoms with E-state index in [1.807, 2.05) is 0 Å². The van der Waals surface area contributed by atoms with Crippen LogP contribution in [-0.2, 0) is 11.3 Å². The average molecular weight is 275 g/mol. The van der Waals surface area contributed by atoms with Crippen molar-refractivity contribution in [2.45, 2.75) is 13.5 Å². The second kappa shape index (κ2) is 5.43. The Morgan fingerprint density at radius 1 is 1.40 bits per heavy atom. The minimum atomic E-state index is -1.01. The highest BCUT2D eigenvalue weighted by Crippen LogP contribution is 2.17. The summed E-state index contributed by atoms with van der Waals surface area (Å²) in [5.41, 5.74) is 1.47. The minimum absolute atomic E-state index is 0.0910. The zero-order valence-electron chi connectivity index (χ0n) is 10.7. The number of aryl methyl sites for hydroxylation is 1. The average Bonchev–Trinajstić information content (AvgIpc) is 2.75. The summed E-state index contributed by atoms with van der Waals surface area (Å²) in [6.07, 6.45) is 2.80. The van der Waals surface area contributed by atoms with Crippen LogP contribution in [0.1, 0.15) is 15.9 Å². The van der Waals surface area contributed by atoms with Crippen molar-refractivity contribution in [2.75, 3.05) is 5.32 Å². The van der Waals surface area contributed by atoms with Crippen LogP contribution >= 0.6 is 0 Å². The van der Waals surface area contributed by atoms with Crippen LogP contribution in [0.5, 0.6) is 5.75 Å². The van der Waals surface area contributed by atoms with Crippen LogP contribution in [0.15, 0.2) is 30.6 Å². The summed E-state index contributed by atoms with van der Waals surface area (Å²) in [6, 6.07) is 4.43. The number of anilines is 1. The number of carboxylic acid groups (broad SMARTS) is 1. The number of nitrogens with one attached hydrogen (secondary N) is 1. The summed E-state index contributed by atoms with van der Waals surface area (Å²) in [7, 11) is 0. The van der Waals surface area contributed by atoms with E-state index in [1.165, 1.54) is 35.3 Å². The van der Waals surface area contributed by atoms with E-state index in [0.29, 0.717) is 16.8 Å². The zero-order chi connectivity index (χ0) is 14.7. The third-order valence-electron chi connectivity index (χ3n) is 2.64. The molecule has 1 heterocycles. The number of amides is 1. The van der Waals surface area contributed by atoms with Crippen LogP contribution in [0, 0.1) is 6.92 Å². The van der Waals surface area contributed by atoms with Gasteiger partial charge < -0.3 is 15.5 Å². The van der Waals surface area contributed by atoms with Crippen molar-refractivity contribution in [1.29, 1.82) is 0 Å². The quantitative estimate of drug-likeness (QED) is 0.778. The van der Waals surface area contributed by atoms with E-state index in [9.17, 15) is 14.7 Å². The fourth-order valence-electron chi connectivity index (χ4n) is 1.75. The maximum atomic E-state index is 12.0. The Hall–Kier alpha value is -2.83. The molecule has 0 bridgehead atoms. The van der Waals surface area contributed by atoms with Crippen molar-refractivity contribution in [2.24, 2.45) is 0 Å². The van der Waals surface area contributed by atoms with Crippen molar-refractivity contribution < 1.29 is 19.8 Å². The summed E-state index contributed by atoms with van der Waals surface area (Å²) >= 11 is 0. The molecule has 0 spiro atoms. The number of carboxylic acids is 1. The molecule has 1 aromatic heterocycles. The lowest BCUT2D eigenvalue weighted by Gasteiger charge is -2.06. The summed E-state index contributed by atoms with van der Waals surface area (Å²) in [5, 5.41) is 24.4. The third kappa shape index (κ3) is 3.14. The fourth-order valence-corrected chi connectivity index (χ4v) is 1.75. The number of phenols is 1. The van der Waals surface area contributed by atoms with E-state index in [-0.39, 0.29) is 18.2 Å². The van der Waals surface area contributed by atoms with Gasteiger partial charge in [0.15, 0.2) is 0 Å². The van der Waals surface area contributed by atoms with E-state index < -0.39 is 5.97 Å². The van der Waals surface area contributed by atoms with Crippen LogP contribution in [-0.4, -0.2) is 31.9 Å². The van der Waals surface area contributed by atoms with Gasteiger partial charge in [0, 0.05) is 11.8 Å². The first-order valence-electron chi connectivity index (χ1n) is 5.81. The first-order valence-corrected chi connectivity index (χ1v) is 5.81. The van der Waals surface area contributed by atoms with Gasteiger partial charge in [-0.25, -0.2) is 0 Å². The Kier molecular flexibility index (Phi) is 3.69. The van der Waals surface area contributed by atoms with Gasteiger partial charge in [0.25, 0.3) is 5.91 Å². The molecule has 0 fully saturated rings. The minimum Gasteiger partial charge on any atom is -0.508 e. The first-order chi connectivity index (χ1) is 9.45. The number of hydrogen-bond donors (Lipinski definition) is 3. The van der Waals surface area contributed by atoms with Gasteiger partial charge in [-0.05, 0) is 30.7 Å². The predicted molar refractivity (Wildman–Crippen MR) is 70.7 cm³/mol. The van der Waals surface area contributed by atoms with E-state index >= 15 is 0 Å². The summed E-state index contributed by atoms with van der Waals surface area (Å²) in [6.45, 7) is 1.44. The molecule has 2 rings (SSSR count). The third-order valence-corrected chi connectivity index (χ3v) is 2.64. The Labute approximate surface area is 114 Å². The molecule has 0 atom stereocenters. The summed E-state index contributed by atoms with van der Waals surface area (Å²) in [5.74, 6) is -1.27. The topological polar surface area (TPSA) is 104 Å². The fraction of sp³-hybridized carbons (Fsp3) is 0.154.